The van der Waals surface area contributed by atoms with Crippen molar-refractivity contribution in [1.82, 2.24) is 20.0 Å². The molecule has 1 atom stereocenters. The average Bonchev–Trinajstić information content (AvgIpc) is 2.81. The minimum absolute atomic E-state index is 0.0746. The molecule has 0 bridgehead atoms. The topological polar surface area (TPSA) is 33.1 Å². The van der Waals surface area contributed by atoms with Crippen LogP contribution in [-0.2, 0) is 0 Å². The smallest absolute Gasteiger partial charge is 0.0717 e. The van der Waals surface area contributed by atoms with Crippen LogP contribution in [0.5, 0.6) is 0 Å². The Morgan fingerprint density at radius 3 is 2.24 bits per heavy atom. The van der Waals surface area contributed by atoms with Crippen molar-refractivity contribution < 1.29 is 0 Å². The van der Waals surface area contributed by atoms with Gasteiger partial charge in [-0.2, -0.15) is 5.10 Å². The number of halogens is 1. The fourth-order valence-corrected chi connectivity index (χ4v) is 3.83. The molecule has 0 radical (unpaired) electrons. The summed E-state index contributed by atoms with van der Waals surface area (Å²) < 4.78 is 3.23. The first-order chi connectivity index (χ1) is 9.85. The van der Waals surface area contributed by atoms with Crippen molar-refractivity contribution in [2.75, 3.05) is 20.6 Å². The third-order valence-electron chi connectivity index (χ3n) is 4.61. The van der Waals surface area contributed by atoms with Crippen LogP contribution in [0.3, 0.4) is 0 Å². The van der Waals surface area contributed by atoms with Crippen LogP contribution in [0.15, 0.2) is 10.7 Å². The molecule has 1 aromatic heterocycles. The fourth-order valence-electron chi connectivity index (χ4n) is 3.33. The van der Waals surface area contributed by atoms with E-state index in [0.29, 0.717) is 6.04 Å². The SMILES string of the molecule is CCNC(c1c(Br)cnn1C(C)C)C(CC)(CC)N(C)C. The summed E-state index contributed by atoms with van der Waals surface area (Å²) in [5.41, 5.74) is 1.33. The second kappa shape index (κ2) is 7.75. The summed E-state index contributed by atoms with van der Waals surface area (Å²) in [6.07, 6.45) is 4.10. The summed E-state index contributed by atoms with van der Waals surface area (Å²) in [4.78, 5) is 2.37. The van der Waals surface area contributed by atoms with Crippen LogP contribution in [0.1, 0.15) is 65.2 Å². The van der Waals surface area contributed by atoms with Crippen LogP contribution in [0.25, 0.3) is 0 Å². The lowest BCUT2D eigenvalue weighted by atomic mass is 9.81. The number of aromatic nitrogens is 2. The van der Waals surface area contributed by atoms with Gasteiger partial charge in [0.1, 0.15) is 0 Å². The summed E-state index contributed by atoms with van der Waals surface area (Å²) in [6, 6.07) is 0.591. The van der Waals surface area contributed by atoms with E-state index in [9.17, 15) is 0 Å². The van der Waals surface area contributed by atoms with Crippen LogP contribution in [0, 0.1) is 0 Å². The maximum absolute atomic E-state index is 4.57. The lowest BCUT2D eigenvalue weighted by Crippen LogP contribution is -2.53. The number of rotatable bonds is 8. The van der Waals surface area contributed by atoms with Crippen LogP contribution in [-0.4, -0.2) is 40.9 Å². The summed E-state index contributed by atoms with van der Waals surface area (Å²) >= 11 is 3.71. The maximum atomic E-state index is 4.57. The number of hydrogen-bond donors (Lipinski definition) is 1. The van der Waals surface area contributed by atoms with E-state index in [4.69, 9.17) is 0 Å². The molecule has 0 aliphatic rings. The summed E-state index contributed by atoms with van der Waals surface area (Å²) in [5, 5.41) is 8.28. The molecule has 1 rings (SSSR count). The predicted octanol–water partition coefficient (Wildman–Crippen LogP) is 4.00. The van der Waals surface area contributed by atoms with Crippen molar-refractivity contribution in [1.29, 1.82) is 0 Å². The van der Waals surface area contributed by atoms with Crippen LogP contribution in [0.2, 0.25) is 0 Å². The predicted molar refractivity (Wildman–Crippen MR) is 93.7 cm³/mol. The van der Waals surface area contributed by atoms with Crippen LogP contribution in [0.4, 0.5) is 0 Å². The van der Waals surface area contributed by atoms with Gasteiger partial charge < -0.3 is 10.2 Å². The van der Waals surface area contributed by atoms with Gasteiger partial charge in [0, 0.05) is 11.6 Å². The van der Waals surface area contributed by atoms with Gasteiger partial charge in [0.25, 0.3) is 0 Å². The zero-order valence-electron chi connectivity index (χ0n) is 14.6. The van der Waals surface area contributed by atoms with E-state index in [1.54, 1.807) is 0 Å². The Morgan fingerprint density at radius 1 is 1.29 bits per heavy atom. The van der Waals surface area contributed by atoms with E-state index in [0.717, 1.165) is 23.9 Å². The Labute approximate surface area is 138 Å². The minimum atomic E-state index is 0.0746. The van der Waals surface area contributed by atoms with Crippen molar-refractivity contribution in [3.63, 3.8) is 0 Å². The van der Waals surface area contributed by atoms with Gasteiger partial charge in [0.05, 0.1) is 22.4 Å². The van der Waals surface area contributed by atoms with Gasteiger partial charge in [0.2, 0.25) is 0 Å². The molecule has 122 valence electrons. The molecule has 0 saturated heterocycles. The number of nitrogens with zero attached hydrogens (tertiary/aromatic N) is 3. The highest BCUT2D eigenvalue weighted by molar-refractivity contribution is 9.10. The van der Waals surface area contributed by atoms with Gasteiger partial charge >= 0.3 is 0 Å². The molecule has 1 unspecified atom stereocenters. The molecule has 5 heteroatoms. The van der Waals surface area contributed by atoms with Crippen molar-refractivity contribution >= 4 is 15.9 Å². The van der Waals surface area contributed by atoms with Gasteiger partial charge in [0.15, 0.2) is 0 Å². The van der Waals surface area contributed by atoms with Gasteiger partial charge in [-0.3, -0.25) is 4.68 Å². The van der Waals surface area contributed by atoms with Crippen molar-refractivity contribution in [3.05, 3.63) is 16.4 Å². The van der Waals surface area contributed by atoms with E-state index >= 15 is 0 Å². The Balaban J connectivity index is 3.45. The highest BCUT2D eigenvalue weighted by Gasteiger charge is 2.41. The highest BCUT2D eigenvalue weighted by Crippen LogP contribution is 2.39. The van der Waals surface area contributed by atoms with Crippen molar-refractivity contribution in [2.45, 2.75) is 65.1 Å². The molecule has 0 aliphatic carbocycles. The normalized spacial score (nSPS) is 14.2. The zero-order valence-corrected chi connectivity index (χ0v) is 16.2. The summed E-state index contributed by atoms with van der Waals surface area (Å²) in [7, 11) is 4.36. The molecule has 0 spiro atoms. The monoisotopic (exact) mass is 358 g/mol. The molecule has 4 nitrogen and oxygen atoms in total. The Hall–Kier alpha value is -0.390. The molecule has 0 fully saturated rings. The molecule has 0 aliphatic heterocycles. The van der Waals surface area contributed by atoms with E-state index in [1.807, 2.05) is 6.20 Å². The van der Waals surface area contributed by atoms with Gasteiger partial charge in [-0.05, 0) is 63.3 Å². The number of nitrogens with one attached hydrogen (secondary N) is 1. The second-order valence-corrected chi connectivity index (χ2v) is 6.97. The minimum Gasteiger partial charge on any atom is -0.307 e. The standard InChI is InChI=1S/C16H31BrN4/c1-8-16(9-2,20(6)7)15(18-10-3)14-13(17)11-19-21(14)12(4)5/h11-12,15,18H,8-10H2,1-7H3. The molecular weight excluding hydrogens is 328 g/mol. The summed E-state index contributed by atoms with van der Waals surface area (Å²) in [5.74, 6) is 0. The maximum Gasteiger partial charge on any atom is 0.0717 e. The largest absolute Gasteiger partial charge is 0.307 e. The van der Waals surface area contributed by atoms with Gasteiger partial charge in [-0.25, -0.2) is 0 Å². The molecule has 21 heavy (non-hydrogen) atoms. The van der Waals surface area contributed by atoms with E-state index in [2.05, 4.69) is 84.6 Å². The molecule has 0 amide bonds. The molecule has 1 aromatic rings. The zero-order chi connectivity index (χ0) is 16.2. The molecule has 0 saturated carbocycles. The Morgan fingerprint density at radius 2 is 1.86 bits per heavy atom. The lowest BCUT2D eigenvalue weighted by Gasteiger charge is -2.46. The van der Waals surface area contributed by atoms with Crippen molar-refractivity contribution in [2.24, 2.45) is 0 Å². The number of hydrogen-bond acceptors (Lipinski definition) is 3. The molecular formula is C16H31BrN4. The lowest BCUT2D eigenvalue weighted by molar-refractivity contribution is 0.0838. The third kappa shape index (κ3) is 3.51. The Bertz CT molecular complexity index is 435. The first-order valence-corrected chi connectivity index (χ1v) is 8.78. The van der Waals surface area contributed by atoms with Gasteiger partial charge in [-0.1, -0.05) is 20.8 Å². The first-order valence-electron chi connectivity index (χ1n) is 7.99. The molecule has 1 heterocycles. The van der Waals surface area contributed by atoms with E-state index in [-0.39, 0.29) is 11.6 Å². The fraction of sp³-hybridized carbons (Fsp3) is 0.812. The first kappa shape index (κ1) is 18.7. The van der Waals surface area contributed by atoms with Crippen LogP contribution < -0.4 is 5.32 Å². The summed E-state index contributed by atoms with van der Waals surface area (Å²) in [6.45, 7) is 12.0. The van der Waals surface area contributed by atoms with E-state index < -0.39 is 0 Å². The Kier molecular flexibility index (Phi) is 6.88. The third-order valence-corrected chi connectivity index (χ3v) is 5.22. The highest BCUT2D eigenvalue weighted by atomic mass is 79.9. The average molecular weight is 359 g/mol. The van der Waals surface area contributed by atoms with E-state index in [1.165, 1.54) is 5.69 Å². The molecule has 1 N–H and O–H groups in total. The van der Waals surface area contributed by atoms with Crippen molar-refractivity contribution in [3.8, 4) is 0 Å². The number of likely N-dealkylation sites (N-methyl/N-ethyl adjacent to an activating group) is 2. The quantitative estimate of drug-likeness (QED) is 0.762. The van der Waals surface area contributed by atoms with Crippen LogP contribution >= 0.6 is 15.9 Å². The molecule has 0 aromatic carbocycles. The van der Waals surface area contributed by atoms with Gasteiger partial charge in [-0.15, -0.1) is 0 Å². The second-order valence-electron chi connectivity index (χ2n) is 6.11.